The molecule has 31 heavy (non-hydrogen) atoms. The molecule has 2 aromatic rings. The minimum absolute atomic E-state index is 0.0115. The van der Waals surface area contributed by atoms with E-state index in [0.29, 0.717) is 15.8 Å². The molecule has 0 aromatic heterocycles. The second kappa shape index (κ2) is 8.27. The number of benzene rings is 2. The van der Waals surface area contributed by atoms with Crippen molar-refractivity contribution < 1.29 is 9.09 Å². The van der Waals surface area contributed by atoms with E-state index in [1.165, 1.54) is 0 Å². The van der Waals surface area contributed by atoms with Gasteiger partial charge in [-0.25, -0.2) is 5.09 Å². The van der Waals surface area contributed by atoms with Crippen molar-refractivity contribution in [3.8, 4) is 5.75 Å². The number of fused-ring (bicyclic) bond motifs is 1. The van der Waals surface area contributed by atoms with Gasteiger partial charge in [0.05, 0.1) is 0 Å². The van der Waals surface area contributed by atoms with Crippen LogP contribution in [0.15, 0.2) is 36.1 Å². The molecular formula is C25H32Cl2NO2P. The largest absolute Gasteiger partial charge is 0.429 e. The Balaban J connectivity index is 2.47. The summed E-state index contributed by atoms with van der Waals surface area (Å²) in [6.45, 7) is 16.6. The summed E-state index contributed by atoms with van der Waals surface area (Å²) in [5, 5.41) is 4.50. The molecule has 0 unspecified atom stereocenters. The summed E-state index contributed by atoms with van der Waals surface area (Å²) in [6, 6.07) is 9.56. The lowest BCUT2D eigenvalue weighted by molar-refractivity contribution is 0.452. The molecule has 2 aromatic carbocycles. The van der Waals surface area contributed by atoms with Crippen LogP contribution in [0.3, 0.4) is 0 Å². The first-order valence-corrected chi connectivity index (χ1v) is 13.0. The molecule has 168 valence electrons. The normalized spacial score (nSPS) is 19.1. The predicted molar refractivity (Wildman–Crippen MR) is 134 cm³/mol. The highest BCUT2D eigenvalue weighted by atomic mass is 35.5. The van der Waals surface area contributed by atoms with E-state index in [1.54, 1.807) is 5.82 Å². The number of rotatable bonds is 3. The third kappa shape index (κ3) is 5.06. The Morgan fingerprint density at radius 2 is 1.55 bits per heavy atom. The highest BCUT2D eigenvalue weighted by molar-refractivity contribution is 7.61. The van der Waals surface area contributed by atoms with Crippen LogP contribution in [0.2, 0.25) is 10.0 Å². The fourth-order valence-corrected chi connectivity index (χ4v) is 6.53. The predicted octanol–water partition coefficient (Wildman–Crippen LogP) is 8.56. The molecular weight excluding hydrogens is 448 g/mol. The lowest BCUT2D eigenvalue weighted by atomic mass is 9.76. The highest BCUT2D eigenvalue weighted by Crippen LogP contribution is 2.59. The molecule has 0 fully saturated rings. The Kier molecular flexibility index (Phi) is 6.51. The van der Waals surface area contributed by atoms with Crippen LogP contribution in [0.1, 0.15) is 77.6 Å². The van der Waals surface area contributed by atoms with Gasteiger partial charge in [0.1, 0.15) is 5.75 Å². The Morgan fingerprint density at radius 1 is 0.968 bits per heavy atom. The second-order valence-corrected chi connectivity index (χ2v) is 13.2. The van der Waals surface area contributed by atoms with Crippen LogP contribution in [0, 0.1) is 0 Å². The lowest BCUT2D eigenvalue weighted by Gasteiger charge is -2.36. The zero-order valence-corrected chi connectivity index (χ0v) is 22.0. The monoisotopic (exact) mass is 479 g/mol. The first kappa shape index (κ1) is 24.4. The molecule has 1 aliphatic heterocycles. The number of hydrogen-bond donors (Lipinski definition) is 1. The minimum Gasteiger partial charge on any atom is -0.429 e. The molecule has 6 heteroatoms. The molecule has 1 aliphatic rings. The average molecular weight is 480 g/mol. The molecule has 1 atom stereocenters. The first-order valence-electron chi connectivity index (χ1n) is 10.6. The third-order valence-electron chi connectivity index (χ3n) is 5.18. The first-order chi connectivity index (χ1) is 14.1. The van der Waals surface area contributed by atoms with Gasteiger partial charge in [-0.05, 0) is 54.0 Å². The van der Waals surface area contributed by atoms with E-state index in [-0.39, 0.29) is 16.9 Å². The van der Waals surface area contributed by atoms with Crippen LogP contribution in [0.5, 0.6) is 5.75 Å². The zero-order valence-electron chi connectivity index (χ0n) is 19.6. The van der Waals surface area contributed by atoms with Gasteiger partial charge in [-0.3, -0.25) is 4.57 Å². The Labute approximate surface area is 196 Å². The van der Waals surface area contributed by atoms with Gasteiger partial charge in [-0.2, -0.15) is 0 Å². The topological polar surface area (TPSA) is 38.3 Å². The maximum Gasteiger partial charge on any atom is 0.340 e. The Morgan fingerprint density at radius 3 is 2.03 bits per heavy atom. The van der Waals surface area contributed by atoms with Gasteiger partial charge in [0.25, 0.3) is 0 Å². The summed E-state index contributed by atoms with van der Waals surface area (Å²) >= 11 is 13.1. The molecule has 1 heterocycles. The van der Waals surface area contributed by atoms with Gasteiger partial charge >= 0.3 is 7.52 Å². The van der Waals surface area contributed by atoms with E-state index < -0.39 is 7.52 Å². The van der Waals surface area contributed by atoms with Crippen molar-refractivity contribution in [2.45, 2.75) is 72.3 Å². The van der Waals surface area contributed by atoms with E-state index in [4.69, 9.17) is 27.7 Å². The summed E-state index contributed by atoms with van der Waals surface area (Å²) in [5.74, 6) is 2.39. The highest BCUT2D eigenvalue weighted by Gasteiger charge is 2.39. The summed E-state index contributed by atoms with van der Waals surface area (Å²) in [4.78, 5) is 0. The summed E-state index contributed by atoms with van der Waals surface area (Å²) in [7, 11) is -3.31. The molecule has 0 aliphatic carbocycles. The van der Waals surface area contributed by atoms with Crippen molar-refractivity contribution in [2.24, 2.45) is 0 Å². The molecule has 0 saturated carbocycles. The molecule has 3 rings (SSSR count). The second-order valence-electron chi connectivity index (χ2n) is 10.5. The zero-order chi connectivity index (χ0) is 23.4. The van der Waals surface area contributed by atoms with E-state index in [1.807, 2.05) is 44.2 Å². The number of halogens is 2. The Hall–Kier alpha value is -1.25. The fraction of sp³-hybridized carbons (Fsp3) is 0.440. The maximum atomic E-state index is 13.9. The quantitative estimate of drug-likeness (QED) is 0.447. The van der Waals surface area contributed by atoms with Gasteiger partial charge in [0.2, 0.25) is 0 Å². The van der Waals surface area contributed by atoms with Crippen LogP contribution >= 0.6 is 30.7 Å². The van der Waals surface area contributed by atoms with Gasteiger partial charge in [0, 0.05) is 38.6 Å². The van der Waals surface area contributed by atoms with E-state index in [0.717, 1.165) is 27.8 Å². The van der Waals surface area contributed by atoms with Crippen molar-refractivity contribution in [1.82, 2.24) is 5.09 Å². The van der Waals surface area contributed by atoms with Crippen molar-refractivity contribution in [3.63, 3.8) is 0 Å². The van der Waals surface area contributed by atoms with E-state index in [2.05, 4.69) is 46.6 Å². The van der Waals surface area contributed by atoms with Crippen LogP contribution in [-0.2, 0) is 15.4 Å². The molecule has 0 saturated heterocycles. The number of hydrogen-bond acceptors (Lipinski definition) is 2. The maximum absolute atomic E-state index is 13.9. The summed E-state index contributed by atoms with van der Waals surface area (Å²) < 4.78 is 20.3. The molecule has 1 N–H and O–H groups in total. The van der Waals surface area contributed by atoms with Crippen molar-refractivity contribution >= 4 is 36.3 Å². The van der Waals surface area contributed by atoms with Gasteiger partial charge < -0.3 is 4.52 Å². The third-order valence-corrected chi connectivity index (χ3v) is 7.66. The summed E-state index contributed by atoms with van der Waals surface area (Å²) in [6.07, 6.45) is 0. The number of nitrogens with one attached hydrogen (secondary N) is 1. The standard InChI is InChI=1S/C25H32Cl2NO2P/c1-15(2)28-31(29)14-18(16-9-11-17(26)12-10-16)21-22(25(6,7)8)20(27)13-19(23(21)30-31)24(3,4)5/h9-15H,1-8H3,(H,28,29)/t31-/m0/s1. The van der Waals surface area contributed by atoms with Gasteiger partial charge in [-0.1, -0.05) is 76.9 Å². The molecule has 0 radical (unpaired) electrons. The smallest absolute Gasteiger partial charge is 0.340 e. The fourth-order valence-electron chi connectivity index (χ4n) is 3.94. The van der Waals surface area contributed by atoms with Gasteiger partial charge in [-0.15, -0.1) is 0 Å². The van der Waals surface area contributed by atoms with Crippen LogP contribution in [0.25, 0.3) is 5.57 Å². The van der Waals surface area contributed by atoms with Crippen molar-refractivity contribution in [1.29, 1.82) is 0 Å². The van der Waals surface area contributed by atoms with Crippen molar-refractivity contribution in [3.05, 3.63) is 68.4 Å². The van der Waals surface area contributed by atoms with Crippen LogP contribution < -0.4 is 9.61 Å². The van der Waals surface area contributed by atoms with Crippen LogP contribution in [-0.4, -0.2) is 6.04 Å². The minimum atomic E-state index is -3.31. The SMILES string of the molecule is CC(C)N[P@]1(=O)C=C(c2ccc(Cl)cc2)c2c(c(C(C)(C)C)cc(Cl)c2C(C)(C)C)O1. The van der Waals surface area contributed by atoms with Crippen LogP contribution in [0.4, 0.5) is 0 Å². The average Bonchev–Trinajstić information content (AvgIpc) is 2.58. The van der Waals surface area contributed by atoms with Crippen molar-refractivity contribution in [2.75, 3.05) is 0 Å². The van der Waals surface area contributed by atoms with Gasteiger partial charge in [0.15, 0.2) is 0 Å². The van der Waals surface area contributed by atoms with E-state index in [9.17, 15) is 4.57 Å². The lowest BCUT2D eigenvalue weighted by Crippen LogP contribution is -2.26. The molecule has 0 amide bonds. The van der Waals surface area contributed by atoms with E-state index >= 15 is 0 Å². The molecule has 0 bridgehead atoms. The molecule has 3 nitrogen and oxygen atoms in total. The molecule has 0 spiro atoms. The Bertz CT molecular complexity index is 1070. The summed E-state index contributed by atoms with van der Waals surface area (Å²) in [5.41, 5.74) is 4.10.